The summed E-state index contributed by atoms with van der Waals surface area (Å²) in [6, 6.07) is 0. The standard InChI is InChI=1S/C8H10ClF/c1-6-3-2-4-7(10)5-8(6)9/h4-6H,2-3H2,1H3. The second-order valence-electron chi connectivity index (χ2n) is 2.60. The summed E-state index contributed by atoms with van der Waals surface area (Å²) in [4.78, 5) is 0. The van der Waals surface area contributed by atoms with Crippen molar-refractivity contribution in [3.8, 4) is 0 Å². The van der Waals surface area contributed by atoms with Crippen LogP contribution in [-0.4, -0.2) is 0 Å². The van der Waals surface area contributed by atoms with Gasteiger partial charge in [0.25, 0.3) is 0 Å². The molecule has 0 aromatic heterocycles. The van der Waals surface area contributed by atoms with Crippen molar-refractivity contribution in [1.82, 2.24) is 0 Å². The SMILES string of the molecule is CC1CCC=C(F)C=C1Cl. The molecule has 1 aliphatic carbocycles. The van der Waals surface area contributed by atoms with E-state index in [4.69, 9.17) is 11.6 Å². The fraction of sp³-hybridized carbons (Fsp3) is 0.500. The van der Waals surface area contributed by atoms with Crippen molar-refractivity contribution < 1.29 is 4.39 Å². The average molecular weight is 161 g/mol. The zero-order valence-corrected chi connectivity index (χ0v) is 6.66. The molecule has 1 atom stereocenters. The molecule has 0 nitrogen and oxygen atoms in total. The molecule has 0 saturated carbocycles. The minimum atomic E-state index is -0.200. The zero-order chi connectivity index (χ0) is 7.56. The van der Waals surface area contributed by atoms with E-state index in [9.17, 15) is 4.39 Å². The highest BCUT2D eigenvalue weighted by Gasteiger charge is 2.09. The Labute approximate surface area is 65.4 Å². The molecule has 0 heterocycles. The van der Waals surface area contributed by atoms with Crippen LogP contribution in [0.3, 0.4) is 0 Å². The van der Waals surface area contributed by atoms with Crippen molar-refractivity contribution in [2.75, 3.05) is 0 Å². The van der Waals surface area contributed by atoms with Gasteiger partial charge in [-0.15, -0.1) is 0 Å². The van der Waals surface area contributed by atoms with E-state index in [0.29, 0.717) is 11.0 Å². The van der Waals surface area contributed by atoms with Gasteiger partial charge in [-0.3, -0.25) is 0 Å². The predicted octanol–water partition coefficient (Wildman–Crippen LogP) is 3.39. The lowest BCUT2D eigenvalue weighted by molar-refractivity contribution is 0.646. The van der Waals surface area contributed by atoms with Crippen LogP contribution in [0, 0.1) is 5.92 Å². The van der Waals surface area contributed by atoms with E-state index in [1.807, 2.05) is 6.92 Å². The third kappa shape index (κ3) is 1.84. The van der Waals surface area contributed by atoms with Gasteiger partial charge in [0.05, 0.1) is 0 Å². The van der Waals surface area contributed by atoms with Crippen LogP contribution in [0.2, 0.25) is 0 Å². The zero-order valence-electron chi connectivity index (χ0n) is 5.90. The van der Waals surface area contributed by atoms with Crippen LogP contribution in [0.5, 0.6) is 0 Å². The van der Waals surface area contributed by atoms with E-state index in [1.165, 1.54) is 6.08 Å². The summed E-state index contributed by atoms with van der Waals surface area (Å²) in [6.45, 7) is 2.01. The first-order valence-corrected chi connectivity index (χ1v) is 3.80. The van der Waals surface area contributed by atoms with Crippen LogP contribution >= 0.6 is 11.6 Å². The minimum Gasteiger partial charge on any atom is -0.207 e. The monoisotopic (exact) mass is 160 g/mol. The maximum Gasteiger partial charge on any atom is 0.120 e. The second kappa shape index (κ2) is 3.20. The van der Waals surface area contributed by atoms with Gasteiger partial charge in [-0.25, -0.2) is 4.39 Å². The topological polar surface area (TPSA) is 0 Å². The predicted molar refractivity (Wildman–Crippen MR) is 41.5 cm³/mol. The van der Waals surface area contributed by atoms with Gasteiger partial charge in [0.15, 0.2) is 0 Å². The third-order valence-electron chi connectivity index (χ3n) is 1.69. The molecule has 0 amide bonds. The summed E-state index contributed by atoms with van der Waals surface area (Å²) in [6.07, 6.45) is 4.72. The molecule has 10 heavy (non-hydrogen) atoms. The van der Waals surface area contributed by atoms with Crippen LogP contribution < -0.4 is 0 Å². The summed E-state index contributed by atoms with van der Waals surface area (Å²) < 4.78 is 12.6. The third-order valence-corrected chi connectivity index (χ3v) is 2.17. The highest BCUT2D eigenvalue weighted by molar-refractivity contribution is 6.30. The van der Waals surface area contributed by atoms with Crippen LogP contribution in [0.1, 0.15) is 19.8 Å². The molecule has 0 radical (unpaired) electrons. The van der Waals surface area contributed by atoms with E-state index in [1.54, 1.807) is 6.08 Å². The Balaban J connectivity index is 2.75. The first-order valence-electron chi connectivity index (χ1n) is 3.43. The minimum absolute atomic E-state index is 0.200. The van der Waals surface area contributed by atoms with Crippen molar-refractivity contribution in [3.05, 3.63) is 23.0 Å². The Kier molecular flexibility index (Phi) is 2.50. The Bertz CT molecular complexity index is 182. The lowest BCUT2D eigenvalue weighted by Crippen LogP contribution is -1.90. The molecule has 0 spiro atoms. The van der Waals surface area contributed by atoms with Crippen molar-refractivity contribution in [2.24, 2.45) is 5.92 Å². The van der Waals surface area contributed by atoms with Gasteiger partial charge in [0, 0.05) is 5.03 Å². The Morgan fingerprint density at radius 1 is 1.70 bits per heavy atom. The van der Waals surface area contributed by atoms with Crippen molar-refractivity contribution >= 4 is 11.6 Å². The molecular formula is C8H10ClF. The van der Waals surface area contributed by atoms with Gasteiger partial charge in [-0.1, -0.05) is 18.5 Å². The summed E-state index contributed by atoms with van der Waals surface area (Å²) in [5.74, 6) is 0.112. The van der Waals surface area contributed by atoms with Gasteiger partial charge in [-0.05, 0) is 30.9 Å². The quantitative estimate of drug-likeness (QED) is 0.510. The van der Waals surface area contributed by atoms with E-state index >= 15 is 0 Å². The molecule has 56 valence electrons. The summed E-state index contributed by atoms with van der Waals surface area (Å²) in [7, 11) is 0. The summed E-state index contributed by atoms with van der Waals surface area (Å²) >= 11 is 5.75. The smallest absolute Gasteiger partial charge is 0.120 e. The van der Waals surface area contributed by atoms with Crippen LogP contribution in [0.25, 0.3) is 0 Å². The number of hydrogen-bond donors (Lipinski definition) is 0. The van der Waals surface area contributed by atoms with E-state index in [0.717, 1.165) is 12.8 Å². The Morgan fingerprint density at radius 3 is 3.10 bits per heavy atom. The fourth-order valence-electron chi connectivity index (χ4n) is 0.942. The largest absolute Gasteiger partial charge is 0.207 e. The van der Waals surface area contributed by atoms with E-state index in [2.05, 4.69) is 0 Å². The van der Waals surface area contributed by atoms with Gasteiger partial charge in [0.1, 0.15) is 5.83 Å². The molecule has 0 aromatic rings. The molecule has 1 rings (SSSR count). The number of allylic oxidation sites excluding steroid dienone is 4. The highest BCUT2D eigenvalue weighted by atomic mass is 35.5. The molecular weight excluding hydrogens is 151 g/mol. The molecule has 2 heteroatoms. The maximum atomic E-state index is 12.6. The van der Waals surface area contributed by atoms with Crippen LogP contribution in [-0.2, 0) is 0 Å². The van der Waals surface area contributed by atoms with Crippen molar-refractivity contribution in [3.63, 3.8) is 0 Å². The maximum absolute atomic E-state index is 12.6. The Morgan fingerprint density at radius 2 is 2.40 bits per heavy atom. The molecule has 0 aromatic carbocycles. The number of hydrogen-bond acceptors (Lipinski definition) is 0. The van der Waals surface area contributed by atoms with Crippen molar-refractivity contribution in [1.29, 1.82) is 0 Å². The average Bonchev–Trinajstić information content (AvgIpc) is 1.96. The number of rotatable bonds is 0. The van der Waals surface area contributed by atoms with Gasteiger partial charge < -0.3 is 0 Å². The van der Waals surface area contributed by atoms with Gasteiger partial charge in [-0.2, -0.15) is 0 Å². The summed E-state index contributed by atoms with van der Waals surface area (Å²) in [5.41, 5.74) is 0. The molecule has 0 saturated heterocycles. The molecule has 0 bridgehead atoms. The Hall–Kier alpha value is -0.300. The normalized spacial score (nSPS) is 26.9. The first kappa shape index (κ1) is 7.80. The molecule has 0 N–H and O–H groups in total. The van der Waals surface area contributed by atoms with Crippen LogP contribution in [0.4, 0.5) is 4.39 Å². The van der Waals surface area contributed by atoms with Crippen molar-refractivity contribution in [2.45, 2.75) is 19.8 Å². The summed E-state index contributed by atoms with van der Waals surface area (Å²) in [5, 5.41) is 0.631. The number of halogens is 2. The highest BCUT2D eigenvalue weighted by Crippen LogP contribution is 2.25. The lowest BCUT2D eigenvalue weighted by Gasteiger charge is -2.04. The van der Waals surface area contributed by atoms with E-state index in [-0.39, 0.29) is 5.83 Å². The van der Waals surface area contributed by atoms with E-state index < -0.39 is 0 Å². The molecule has 1 unspecified atom stereocenters. The first-order chi connectivity index (χ1) is 4.70. The molecule has 0 aliphatic heterocycles. The van der Waals surface area contributed by atoms with Gasteiger partial charge >= 0.3 is 0 Å². The molecule has 1 aliphatic rings. The lowest BCUT2D eigenvalue weighted by atomic mass is 10.1. The molecule has 0 fully saturated rings. The second-order valence-corrected chi connectivity index (χ2v) is 3.03. The fourth-order valence-corrected chi connectivity index (χ4v) is 1.16. The van der Waals surface area contributed by atoms with Gasteiger partial charge in [0.2, 0.25) is 0 Å². The van der Waals surface area contributed by atoms with Crippen LogP contribution in [0.15, 0.2) is 23.0 Å².